The monoisotopic (exact) mass is 436 g/mol. The molecule has 2 aromatic carbocycles. The number of carbonyl (C=O) groups excluding carboxylic acids is 1. The van der Waals surface area contributed by atoms with Crippen LogP contribution in [0.2, 0.25) is 0 Å². The highest BCUT2D eigenvalue weighted by Gasteiger charge is 2.34. The van der Waals surface area contributed by atoms with Gasteiger partial charge in [-0.15, -0.1) is 0 Å². The van der Waals surface area contributed by atoms with E-state index in [-0.39, 0.29) is 32.0 Å². The molecule has 1 saturated heterocycles. The van der Waals surface area contributed by atoms with Crippen LogP contribution in [0.4, 0.5) is 8.78 Å². The number of benzene rings is 2. The lowest BCUT2D eigenvalue weighted by atomic mass is 9.91. The fourth-order valence-corrected chi connectivity index (χ4v) is 5.29. The Labute approximate surface area is 176 Å². The molecule has 5 nitrogen and oxygen atoms in total. The van der Waals surface area contributed by atoms with Gasteiger partial charge in [0.2, 0.25) is 15.9 Å². The number of nitrogens with one attached hydrogen (secondary N) is 1. The highest BCUT2D eigenvalue weighted by Crippen LogP contribution is 2.28. The van der Waals surface area contributed by atoms with Gasteiger partial charge in [-0.05, 0) is 48.6 Å². The molecule has 1 aliphatic heterocycles. The minimum Gasteiger partial charge on any atom is -0.354 e. The number of hydrogen-bond acceptors (Lipinski definition) is 3. The summed E-state index contributed by atoms with van der Waals surface area (Å²) in [6, 6.07) is 10.9. The van der Waals surface area contributed by atoms with E-state index >= 15 is 0 Å². The lowest BCUT2D eigenvalue weighted by Gasteiger charge is -2.26. The van der Waals surface area contributed by atoms with Crippen molar-refractivity contribution in [3.8, 4) is 11.1 Å². The summed E-state index contributed by atoms with van der Waals surface area (Å²) in [4.78, 5) is 12.6. The zero-order chi connectivity index (χ0) is 21.9. The van der Waals surface area contributed by atoms with Crippen LogP contribution in [-0.2, 0) is 21.2 Å². The lowest BCUT2D eigenvalue weighted by Crippen LogP contribution is -2.41. The summed E-state index contributed by atoms with van der Waals surface area (Å²) in [6.45, 7) is 4.07. The maximum absolute atomic E-state index is 13.8. The Morgan fingerprint density at radius 3 is 2.60 bits per heavy atom. The number of amides is 1. The van der Waals surface area contributed by atoms with E-state index in [1.165, 1.54) is 10.4 Å². The van der Waals surface area contributed by atoms with E-state index in [9.17, 15) is 22.0 Å². The minimum absolute atomic E-state index is 0.0879. The van der Waals surface area contributed by atoms with E-state index in [1.807, 2.05) is 13.0 Å². The van der Waals surface area contributed by atoms with Crippen LogP contribution in [0.3, 0.4) is 0 Å². The molecule has 0 bridgehead atoms. The quantitative estimate of drug-likeness (QED) is 0.755. The Balaban J connectivity index is 1.91. The molecule has 162 valence electrons. The summed E-state index contributed by atoms with van der Waals surface area (Å²) >= 11 is 0. The van der Waals surface area contributed by atoms with E-state index in [1.54, 1.807) is 25.1 Å². The first-order chi connectivity index (χ1) is 14.2. The molecule has 1 amide bonds. The second-order valence-electron chi connectivity index (χ2n) is 7.60. The van der Waals surface area contributed by atoms with E-state index in [0.29, 0.717) is 17.5 Å². The van der Waals surface area contributed by atoms with Crippen LogP contribution < -0.4 is 5.32 Å². The molecule has 0 radical (unpaired) electrons. The summed E-state index contributed by atoms with van der Waals surface area (Å²) in [6.07, 6.45) is 0.775. The summed E-state index contributed by atoms with van der Waals surface area (Å²) in [5.74, 6) is -2.67. The molecule has 2 aromatic rings. The Morgan fingerprint density at radius 2 is 1.90 bits per heavy atom. The first-order valence-electron chi connectivity index (χ1n) is 10.0. The highest BCUT2D eigenvalue weighted by atomic mass is 32.2. The van der Waals surface area contributed by atoms with Gasteiger partial charge in [0.15, 0.2) is 11.6 Å². The Morgan fingerprint density at radius 1 is 1.17 bits per heavy atom. The number of carbonyl (C=O) groups is 1. The number of hydrogen-bond donors (Lipinski definition) is 1. The van der Waals surface area contributed by atoms with Crippen LogP contribution in [0.1, 0.15) is 25.8 Å². The minimum atomic E-state index is -3.51. The SMILES string of the molecule is CC[C@H](C)S(=O)(=O)N1CCNC(=O)[C@H](Cc2ccccc2-c2ccc(F)c(F)c2)C1. The van der Waals surface area contributed by atoms with Crippen LogP contribution in [0.25, 0.3) is 11.1 Å². The Kier molecular flexibility index (Phi) is 6.88. The van der Waals surface area contributed by atoms with Gasteiger partial charge < -0.3 is 5.32 Å². The van der Waals surface area contributed by atoms with Crippen molar-refractivity contribution in [2.24, 2.45) is 5.92 Å². The van der Waals surface area contributed by atoms with Crippen molar-refractivity contribution in [1.29, 1.82) is 0 Å². The zero-order valence-electron chi connectivity index (χ0n) is 17.1. The number of sulfonamides is 1. The third-order valence-electron chi connectivity index (χ3n) is 5.61. The summed E-state index contributed by atoms with van der Waals surface area (Å²) in [5, 5.41) is 2.27. The van der Waals surface area contributed by atoms with Crippen molar-refractivity contribution in [2.45, 2.75) is 31.9 Å². The molecule has 0 aliphatic carbocycles. The summed E-state index contributed by atoms with van der Waals surface area (Å²) < 4.78 is 54.2. The van der Waals surface area contributed by atoms with Gasteiger partial charge in [0.05, 0.1) is 11.2 Å². The topological polar surface area (TPSA) is 66.5 Å². The fourth-order valence-electron chi connectivity index (χ4n) is 3.63. The Bertz CT molecular complexity index is 1030. The lowest BCUT2D eigenvalue weighted by molar-refractivity contribution is -0.124. The first-order valence-corrected chi connectivity index (χ1v) is 11.5. The predicted octanol–water partition coefficient (Wildman–Crippen LogP) is 3.35. The van der Waals surface area contributed by atoms with Crippen LogP contribution >= 0.6 is 0 Å². The van der Waals surface area contributed by atoms with Gasteiger partial charge in [0.25, 0.3) is 0 Å². The average molecular weight is 437 g/mol. The van der Waals surface area contributed by atoms with Gasteiger partial charge in [-0.1, -0.05) is 37.3 Å². The van der Waals surface area contributed by atoms with Crippen molar-refractivity contribution in [3.05, 3.63) is 59.7 Å². The van der Waals surface area contributed by atoms with Gasteiger partial charge in [-0.2, -0.15) is 4.31 Å². The summed E-state index contributed by atoms with van der Waals surface area (Å²) in [5.41, 5.74) is 1.96. The van der Waals surface area contributed by atoms with Gasteiger partial charge in [-0.25, -0.2) is 17.2 Å². The predicted molar refractivity (Wildman–Crippen MR) is 112 cm³/mol. The molecule has 0 aromatic heterocycles. The molecule has 2 atom stereocenters. The van der Waals surface area contributed by atoms with Crippen LogP contribution in [0, 0.1) is 17.6 Å². The van der Waals surface area contributed by atoms with E-state index < -0.39 is 32.8 Å². The van der Waals surface area contributed by atoms with Gasteiger partial charge in [-0.3, -0.25) is 4.79 Å². The van der Waals surface area contributed by atoms with Crippen molar-refractivity contribution in [2.75, 3.05) is 19.6 Å². The standard InChI is InChI=1S/C22H26F2N2O3S/c1-3-15(2)30(28,29)26-11-10-25-22(27)18(14-26)12-16-6-4-5-7-19(16)17-8-9-20(23)21(24)13-17/h4-9,13,15,18H,3,10-12,14H2,1-2H3,(H,25,27)/t15-,18+/m0/s1. The number of nitrogens with zero attached hydrogens (tertiary/aromatic N) is 1. The molecule has 0 unspecified atom stereocenters. The van der Waals surface area contributed by atoms with Gasteiger partial charge in [0, 0.05) is 19.6 Å². The van der Waals surface area contributed by atoms with Crippen molar-refractivity contribution in [3.63, 3.8) is 0 Å². The molecule has 1 N–H and O–H groups in total. The average Bonchev–Trinajstić information content (AvgIpc) is 2.92. The second kappa shape index (κ2) is 9.22. The molecule has 0 spiro atoms. The van der Waals surface area contributed by atoms with Crippen LogP contribution in [0.15, 0.2) is 42.5 Å². The van der Waals surface area contributed by atoms with Crippen molar-refractivity contribution < 1.29 is 22.0 Å². The second-order valence-corrected chi connectivity index (χ2v) is 9.95. The van der Waals surface area contributed by atoms with Crippen molar-refractivity contribution in [1.82, 2.24) is 9.62 Å². The van der Waals surface area contributed by atoms with Crippen LogP contribution in [0.5, 0.6) is 0 Å². The van der Waals surface area contributed by atoms with Gasteiger partial charge in [0.1, 0.15) is 0 Å². The maximum Gasteiger partial charge on any atom is 0.224 e. The molecular weight excluding hydrogens is 410 g/mol. The summed E-state index contributed by atoms with van der Waals surface area (Å²) in [7, 11) is -3.51. The Hall–Kier alpha value is -2.32. The fraction of sp³-hybridized carbons (Fsp3) is 0.409. The molecule has 30 heavy (non-hydrogen) atoms. The first kappa shape index (κ1) is 22.4. The molecule has 1 heterocycles. The number of rotatable bonds is 6. The number of halogens is 2. The third kappa shape index (κ3) is 4.70. The normalized spacial score (nSPS) is 19.2. The molecule has 3 rings (SSSR count). The van der Waals surface area contributed by atoms with Crippen molar-refractivity contribution >= 4 is 15.9 Å². The van der Waals surface area contributed by atoms with E-state index in [2.05, 4.69) is 5.32 Å². The van der Waals surface area contributed by atoms with E-state index in [4.69, 9.17) is 0 Å². The third-order valence-corrected chi connectivity index (χ3v) is 8.01. The highest BCUT2D eigenvalue weighted by molar-refractivity contribution is 7.89. The van der Waals surface area contributed by atoms with E-state index in [0.717, 1.165) is 17.7 Å². The smallest absolute Gasteiger partial charge is 0.224 e. The zero-order valence-corrected chi connectivity index (χ0v) is 17.9. The largest absolute Gasteiger partial charge is 0.354 e. The molecule has 1 aliphatic rings. The van der Waals surface area contributed by atoms with Crippen LogP contribution in [-0.4, -0.2) is 43.5 Å². The molecule has 8 heteroatoms. The molecule has 1 fully saturated rings. The maximum atomic E-state index is 13.8. The molecule has 0 saturated carbocycles. The molecular formula is C22H26F2N2O3S. The van der Waals surface area contributed by atoms with Gasteiger partial charge >= 0.3 is 0 Å².